The Kier molecular flexibility index (Phi) is 2.14. The Morgan fingerprint density at radius 2 is 2.19 bits per heavy atom. The lowest BCUT2D eigenvalue weighted by Gasteiger charge is -1.97. The molecule has 0 atom stereocenters. The van der Waals surface area contributed by atoms with Gasteiger partial charge in [0.2, 0.25) is 0 Å². The molecule has 78 valence electrons. The average molecular weight is 215 g/mol. The van der Waals surface area contributed by atoms with Gasteiger partial charge in [-0.25, -0.2) is 0 Å². The molecule has 0 amide bonds. The van der Waals surface area contributed by atoms with Crippen molar-refractivity contribution >= 4 is 16.6 Å². The van der Waals surface area contributed by atoms with Crippen molar-refractivity contribution in [1.82, 2.24) is 4.98 Å². The number of pyridine rings is 1. The second-order valence-corrected chi connectivity index (χ2v) is 3.13. The molecule has 0 saturated carbocycles. The number of H-pyrrole nitrogens is 1. The Balaban J connectivity index is 2.88. The molecular weight excluding hydrogens is 210 g/mol. The topological polar surface area (TPSA) is 99.8 Å². The molecule has 6 heteroatoms. The number of aromatic nitrogens is 1. The van der Waals surface area contributed by atoms with Crippen LogP contribution in [0.25, 0.3) is 10.9 Å². The molecule has 1 heterocycles. The molecule has 0 saturated heterocycles. The Hall–Kier alpha value is -2.68. The summed E-state index contributed by atoms with van der Waals surface area (Å²) in [6, 6.07) is 6.28. The Morgan fingerprint density at radius 3 is 2.81 bits per heavy atom. The molecule has 0 aliphatic carbocycles. The Bertz CT molecular complexity index is 682. The van der Waals surface area contributed by atoms with Crippen molar-refractivity contribution in [2.24, 2.45) is 0 Å². The van der Waals surface area contributed by atoms with E-state index < -0.39 is 16.0 Å². The van der Waals surface area contributed by atoms with Gasteiger partial charge in [0, 0.05) is 5.52 Å². The lowest BCUT2D eigenvalue weighted by molar-refractivity contribution is -0.386. The van der Waals surface area contributed by atoms with Crippen molar-refractivity contribution in [3.8, 4) is 6.07 Å². The van der Waals surface area contributed by atoms with Gasteiger partial charge in [-0.2, -0.15) is 5.26 Å². The first-order chi connectivity index (χ1) is 7.63. The molecule has 2 aromatic rings. The van der Waals surface area contributed by atoms with Crippen molar-refractivity contribution in [2.75, 3.05) is 0 Å². The maximum absolute atomic E-state index is 11.7. The smallest absolute Gasteiger partial charge is 0.332 e. The van der Waals surface area contributed by atoms with E-state index in [-0.39, 0.29) is 5.39 Å². The van der Waals surface area contributed by atoms with E-state index in [0.717, 1.165) is 6.20 Å². The molecule has 0 aliphatic rings. The molecule has 1 aromatic carbocycles. The molecule has 0 bridgehead atoms. The third kappa shape index (κ3) is 1.40. The number of hydrogen-bond acceptors (Lipinski definition) is 4. The highest BCUT2D eigenvalue weighted by molar-refractivity contribution is 5.81. The number of benzene rings is 1. The summed E-state index contributed by atoms with van der Waals surface area (Å²) in [6.45, 7) is 0. The van der Waals surface area contributed by atoms with E-state index in [1.807, 2.05) is 6.07 Å². The second-order valence-electron chi connectivity index (χ2n) is 3.13. The summed E-state index contributed by atoms with van der Waals surface area (Å²) in [5, 5.41) is 19.4. The van der Waals surface area contributed by atoms with Crippen LogP contribution < -0.4 is 5.43 Å². The zero-order valence-electron chi connectivity index (χ0n) is 7.93. The monoisotopic (exact) mass is 215 g/mol. The molecule has 0 unspecified atom stereocenters. The van der Waals surface area contributed by atoms with E-state index in [1.54, 1.807) is 6.07 Å². The lowest BCUT2D eigenvalue weighted by atomic mass is 10.1. The molecule has 2 rings (SSSR count). The average Bonchev–Trinajstić information content (AvgIpc) is 2.28. The molecule has 1 N–H and O–H groups in total. The molecular formula is C10H5N3O3. The minimum Gasteiger partial charge on any atom is -0.355 e. The van der Waals surface area contributed by atoms with Crippen LogP contribution in [0.5, 0.6) is 0 Å². The largest absolute Gasteiger partial charge is 0.355 e. The quantitative estimate of drug-likeness (QED) is 0.572. The molecule has 0 fully saturated rings. The number of nitrogens with one attached hydrogen (secondary N) is 1. The summed E-state index contributed by atoms with van der Waals surface area (Å²) >= 11 is 0. The number of hydrogen-bond donors (Lipinski definition) is 1. The molecule has 6 nitrogen and oxygen atoms in total. The van der Waals surface area contributed by atoms with Gasteiger partial charge in [-0.3, -0.25) is 14.9 Å². The molecule has 0 spiro atoms. The molecule has 1 aromatic heterocycles. The number of nitrogens with zero attached hydrogens (tertiary/aromatic N) is 2. The van der Waals surface area contributed by atoms with Crippen molar-refractivity contribution < 1.29 is 4.92 Å². The summed E-state index contributed by atoms with van der Waals surface area (Å²) in [6.07, 6.45) is 1.05. The van der Waals surface area contributed by atoms with Crippen LogP contribution in [0.2, 0.25) is 0 Å². The van der Waals surface area contributed by atoms with Crippen LogP contribution in [0, 0.1) is 21.4 Å². The van der Waals surface area contributed by atoms with Gasteiger partial charge >= 0.3 is 5.69 Å². The highest BCUT2D eigenvalue weighted by atomic mass is 16.6. The standard InChI is InChI=1S/C10H5N3O3/c11-4-6-1-2-8-7(3-6)10(14)9(5-12-8)13(15)16/h1-3,5H,(H,12,14). The number of fused-ring (bicyclic) bond motifs is 1. The lowest BCUT2D eigenvalue weighted by Crippen LogP contribution is -2.09. The van der Waals surface area contributed by atoms with E-state index in [1.165, 1.54) is 12.1 Å². The van der Waals surface area contributed by atoms with E-state index in [4.69, 9.17) is 5.26 Å². The van der Waals surface area contributed by atoms with Gasteiger partial charge in [-0.05, 0) is 18.2 Å². The van der Waals surface area contributed by atoms with Gasteiger partial charge in [0.15, 0.2) is 0 Å². The highest BCUT2D eigenvalue weighted by Gasteiger charge is 2.14. The minimum absolute atomic E-state index is 0.147. The van der Waals surface area contributed by atoms with Gasteiger partial charge < -0.3 is 4.98 Å². The first kappa shape index (κ1) is 9.86. The fourth-order valence-corrected chi connectivity index (χ4v) is 1.41. The van der Waals surface area contributed by atoms with Gasteiger partial charge in [0.1, 0.15) is 0 Å². The normalized spacial score (nSPS) is 9.94. The third-order valence-corrected chi connectivity index (χ3v) is 2.19. The summed E-state index contributed by atoms with van der Waals surface area (Å²) in [5.41, 5.74) is -0.452. The number of nitriles is 1. The van der Waals surface area contributed by atoms with Crippen molar-refractivity contribution in [3.63, 3.8) is 0 Å². The summed E-state index contributed by atoms with van der Waals surface area (Å²) in [5.74, 6) is 0. The van der Waals surface area contributed by atoms with Gasteiger partial charge in [0.25, 0.3) is 5.43 Å². The maximum atomic E-state index is 11.7. The van der Waals surface area contributed by atoms with Crippen LogP contribution in [0.15, 0.2) is 29.2 Å². The molecule has 0 aliphatic heterocycles. The van der Waals surface area contributed by atoms with Crippen molar-refractivity contribution in [3.05, 3.63) is 50.3 Å². The highest BCUT2D eigenvalue weighted by Crippen LogP contribution is 2.13. The third-order valence-electron chi connectivity index (χ3n) is 2.19. The van der Waals surface area contributed by atoms with Gasteiger partial charge in [-0.1, -0.05) is 0 Å². The summed E-state index contributed by atoms with van der Waals surface area (Å²) < 4.78 is 0. The van der Waals surface area contributed by atoms with Gasteiger partial charge in [0.05, 0.1) is 28.1 Å². The number of nitro groups is 1. The first-order valence-electron chi connectivity index (χ1n) is 4.33. The Morgan fingerprint density at radius 1 is 1.44 bits per heavy atom. The molecule has 0 radical (unpaired) electrons. The van der Waals surface area contributed by atoms with Crippen LogP contribution in [-0.4, -0.2) is 9.91 Å². The van der Waals surface area contributed by atoms with Crippen LogP contribution in [0.4, 0.5) is 5.69 Å². The Labute approximate surface area is 88.9 Å². The van der Waals surface area contributed by atoms with E-state index in [0.29, 0.717) is 11.1 Å². The van der Waals surface area contributed by atoms with E-state index in [2.05, 4.69) is 4.98 Å². The van der Waals surface area contributed by atoms with Crippen molar-refractivity contribution in [1.29, 1.82) is 5.26 Å². The van der Waals surface area contributed by atoms with Gasteiger partial charge in [-0.15, -0.1) is 0 Å². The SMILES string of the molecule is N#Cc1ccc2[nH]cc([N+](=O)[O-])c(=O)c2c1. The maximum Gasteiger partial charge on any atom is 0.332 e. The zero-order chi connectivity index (χ0) is 11.7. The second kappa shape index (κ2) is 3.47. The van der Waals surface area contributed by atoms with Crippen LogP contribution in [-0.2, 0) is 0 Å². The van der Waals surface area contributed by atoms with Crippen LogP contribution in [0.1, 0.15) is 5.56 Å². The molecule has 16 heavy (non-hydrogen) atoms. The zero-order valence-corrected chi connectivity index (χ0v) is 7.93. The predicted molar refractivity (Wildman–Crippen MR) is 55.9 cm³/mol. The summed E-state index contributed by atoms with van der Waals surface area (Å²) in [4.78, 5) is 24.1. The van der Waals surface area contributed by atoms with E-state index in [9.17, 15) is 14.9 Å². The number of aromatic amines is 1. The minimum atomic E-state index is -0.753. The van der Waals surface area contributed by atoms with Crippen molar-refractivity contribution in [2.45, 2.75) is 0 Å². The van der Waals surface area contributed by atoms with Crippen LogP contribution >= 0.6 is 0 Å². The first-order valence-corrected chi connectivity index (χ1v) is 4.33. The number of rotatable bonds is 1. The van der Waals surface area contributed by atoms with E-state index >= 15 is 0 Å². The predicted octanol–water partition coefficient (Wildman–Crippen LogP) is 1.31. The fraction of sp³-hybridized carbons (Fsp3) is 0. The fourth-order valence-electron chi connectivity index (χ4n) is 1.41. The summed E-state index contributed by atoms with van der Waals surface area (Å²) in [7, 11) is 0. The van der Waals surface area contributed by atoms with Crippen LogP contribution in [0.3, 0.4) is 0 Å².